The molecular weight excluding hydrogens is 306 g/mol. The number of nitrogens with one attached hydrogen (secondary N) is 2. The van der Waals surface area contributed by atoms with Crippen molar-refractivity contribution in [1.29, 1.82) is 0 Å². The summed E-state index contributed by atoms with van der Waals surface area (Å²) in [5.74, 6) is -0.926. The molecule has 0 bridgehead atoms. The molecule has 0 aliphatic rings. The van der Waals surface area contributed by atoms with E-state index in [-0.39, 0.29) is 0 Å². The Labute approximate surface area is 140 Å². The standard InChI is InChI=1S/C18H19N3O3/c1-12-6-4-7-13(2)16(12)20-17(22)18(23)21-19-11-14-8-5-9-15(10-14)24-3/h4-11H,1-3H3,(H,20,22)(H,21,23)/b19-11+. The van der Waals surface area contributed by atoms with Crippen molar-refractivity contribution >= 4 is 23.7 Å². The summed E-state index contributed by atoms with van der Waals surface area (Å²) in [4.78, 5) is 23.8. The number of anilines is 1. The third-order valence-electron chi connectivity index (χ3n) is 3.40. The molecule has 2 amide bonds. The first kappa shape index (κ1) is 17.2. The number of para-hydroxylation sites is 1. The fourth-order valence-electron chi connectivity index (χ4n) is 2.12. The summed E-state index contributed by atoms with van der Waals surface area (Å²) >= 11 is 0. The van der Waals surface area contributed by atoms with Gasteiger partial charge in [-0.15, -0.1) is 0 Å². The van der Waals surface area contributed by atoms with E-state index in [1.807, 2.05) is 32.0 Å². The van der Waals surface area contributed by atoms with Crippen LogP contribution in [0.3, 0.4) is 0 Å². The van der Waals surface area contributed by atoms with Gasteiger partial charge >= 0.3 is 11.8 Å². The fraction of sp³-hybridized carbons (Fsp3) is 0.167. The second-order valence-corrected chi connectivity index (χ2v) is 5.20. The molecule has 0 radical (unpaired) electrons. The minimum Gasteiger partial charge on any atom is -0.497 e. The number of nitrogens with zero attached hydrogens (tertiary/aromatic N) is 1. The summed E-state index contributed by atoms with van der Waals surface area (Å²) in [5.41, 5.74) is 5.35. The van der Waals surface area contributed by atoms with Crippen LogP contribution in [0.2, 0.25) is 0 Å². The molecule has 124 valence electrons. The van der Waals surface area contributed by atoms with Crippen molar-refractivity contribution in [2.75, 3.05) is 12.4 Å². The maximum Gasteiger partial charge on any atom is 0.329 e. The van der Waals surface area contributed by atoms with Gasteiger partial charge in [0, 0.05) is 5.69 Å². The molecule has 2 N–H and O–H groups in total. The van der Waals surface area contributed by atoms with Crippen molar-refractivity contribution in [3.63, 3.8) is 0 Å². The molecule has 0 atom stereocenters. The first-order chi connectivity index (χ1) is 11.5. The van der Waals surface area contributed by atoms with Crippen LogP contribution in [0.4, 0.5) is 5.69 Å². The Kier molecular flexibility index (Phi) is 5.68. The zero-order valence-electron chi connectivity index (χ0n) is 13.8. The van der Waals surface area contributed by atoms with Gasteiger partial charge in [0.15, 0.2) is 0 Å². The topological polar surface area (TPSA) is 79.8 Å². The number of hydrogen-bond acceptors (Lipinski definition) is 4. The molecule has 0 aliphatic carbocycles. The van der Waals surface area contributed by atoms with E-state index in [9.17, 15) is 9.59 Å². The molecule has 6 nitrogen and oxygen atoms in total. The zero-order chi connectivity index (χ0) is 17.5. The number of amides is 2. The van der Waals surface area contributed by atoms with Gasteiger partial charge in [-0.05, 0) is 42.7 Å². The number of carbonyl (C=O) groups is 2. The van der Waals surface area contributed by atoms with Crippen molar-refractivity contribution in [2.45, 2.75) is 13.8 Å². The Bertz CT molecular complexity index is 765. The van der Waals surface area contributed by atoms with Crippen molar-refractivity contribution in [3.05, 3.63) is 59.2 Å². The molecule has 0 spiro atoms. The summed E-state index contributed by atoms with van der Waals surface area (Å²) in [6, 6.07) is 12.8. The Morgan fingerprint density at radius 3 is 2.38 bits per heavy atom. The van der Waals surface area contributed by atoms with Gasteiger partial charge in [-0.25, -0.2) is 5.43 Å². The van der Waals surface area contributed by atoms with Gasteiger partial charge in [0.1, 0.15) is 5.75 Å². The van der Waals surface area contributed by atoms with Crippen LogP contribution in [-0.4, -0.2) is 25.1 Å². The lowest BCUT2D eigenvalue weighted by Crippen LogP contribution is -2.32. The monoisotopic (exact) mass is 325 g/mol. The molecule has 2 rings (SSSR count). The second-order valence-electron chi connectivity index (χ2n) is 5.20. The number of carbonyl (C=O) groups excluding carboxylic acids is 2. The van der Waals surface area contributed by atoms with Crippen LogP contribution in [0.15, 0.2) is 47.6 Å². The maximum absolute atomic E-state index is 11.9. The summed E-state index contributed by atoms with van der Waals surface area (Å²) in [6.07, 6.45) is 1.44. The SMILES string of the molecule is COc1cccc(/C=N/NC(=O)C(=O)Nc2c(C)cccc2C)c1. The molecule has 24 heavy (non-hydrogen) atoms. The fourth-order valence-corrected chi connectivity index (χ4v) is 2.12. The Hall–Kier alpha value is -3.15. The molecule has 0 aliphatic heterocycles. The van der Waals surface area contributed by atoms with E-state index in [1.54, 1.807) is 31.4 Å². The van der Waals surface area contributed by atoms with Crippen molar-refractivity contribution in [3.8, 4) is 5.75 Å². The van der Waals surface area contributed by atoms with Gasteiger partial charge in [0.25, 0.3) is 0 Å². The Morgan fingerprint density at radius 1 is 1.04 bits per heavy atom. The highest BCUT2D eigenvalue weighted by molar-refractivity contribution is 6.39. The van der Waals surface area contributed by atoms with E-state index in [0.29, 0.717) is 11.4 Å². The van der Waals surface area contributed by atoms with E-state index < -0.39 is 11.8 Å². The van der Waals surface area contributed by atoms with Gasteiger partial charge in [0.2, 0.25) is 0 Å². The van der Waals surface area contributed by atoms with Crippen molar-refractivity contribution in [1.82, 2.24) is 5.43 Å². The van der Waals surface area contributed by atoms with Crippen LogP contribution < -0.4 is 15.5 Å². The van der Waals surface area contributed by atoms with Crippen LogP contribution in [0.5, 0.6) is 5.75 Å². The molecular formula is C18H19N3O3. The number of hydrogen-bond donors (Lipinski definition) is 2. The van der Waals surface area contributed by atoms with Crippen LogP contribution in [0.1, 0.15) is 16.7 Å². The average molecular weight is 325 g/mol. The van der Waals surface area contributed by atoms with Gasteiger partial charge in [-0.2, -0.15) is 5.10 Å². The smallest absolute Gasteiger partial charge is 0.329 e. The Balaban J connectivity index is 1.96. The van der Waals surface area contributed by atoms with Gasteiger partial charge < -0.3 is 10.1 Å². The summed E-state index contributed by atoms with van der Waals surface area (Å²) in [7, 11) is 1.57. The minimum atomic E-state index is -0.836. The number of ether oxygens (including phenoxy) is 1. The third-order valence-corrected chi connectivity index (χ3v) is 3.40. The Morgan fingerprint density at radius 2 is 1.71 bits per heavy atom. The lowest BCUT2D eigenvalue weighted by molar-refractivity contribution is -0.136. The second kappa shape index (κ2) is 7.92. The van der Waals surface area contributed by atoms with E-state index in [4.69, 9.17) is 4.74 Å². The summed E-state index contributed by atoms with van der Waals surface area (Å²) < 4.78 is 5.10. The molecule has 0 saturated heterocycles. The number of hydrazone groups is 1. The molecule has 2 aromatic rings. The van der Waals surface area contributed by atoms with Crippen LogP contribution in [-0.2, 0) is 9.59 Å². The predicted molar refractivity (Wildman–Crippen MR) is 93.3 cm³/mol. The highest BCUT2D eigenvalue weighted by atomic mass is 16.5. The summed E-state index contributed by atoms with van der Waals surface area (Å²) in [6.45, 7) is 3.73. The van der Waals surface area contributed by atoms with Crippen molar-refractivity contribution < 1.29 is 14.3 Å². The van der Waals surface area contributed by atoms with Gasteiger partial charge in [-0.3, -0.25) is 9.59 Å². The number of methoxy groups -OCH3 is 1. The predicted octanol–water partition coefficient (Wildman–Crippen LogP) is 2.40. The first-order valence-electron chi connectivity index (χ1n) is 7.36. The average Bonchev–Trinajstić information content (AvgIpc) is 2.58. The van der Waals surface area contributed by atoms with Gasteiger partial charge in [0.05, 0.1) is 13.3 Å². The van der Waals surface area contributed by atoms with E-state index >= 15 is 0 Å². The summed E-state index contributed by atoms with van der Waals surface area (Å²) in [5, 5.41) is 6.38. The first-order valence-corrected chi connectivity index (χ1v) is 7.36. The maximum atomic E-state index is 11.9. The quantitative estimate of drug-likeness (QED) is 0.515. The number of benzene rings is 2. The third kappa shape index (κ3) is 4.42. The number of rotatable bonds is 4. The largest absolute Gasteiger partial charge is 0.497 e. The van der Waals surface area contributed by atoms with E-state index in [2.05, 4.69) is 15.8 Å². The normalized spacial score (nSPS) is 10.5. The van der Waals surface area contributed by atoms with Crippen LogP contribution in [0, 0.1) is 13.8 Å². The number of aryl methyl sites for hydroxylation is 2. The van der Waals surface area contributed by atoms with E-state index in [0.717, 1.165) is 16.7 Å². The van der Waals surface area contributed by atoms with E-state index in [1.165, 1.54) is 6.21 Å². The van der Waals surface area contributed by atoms with Crippen LogP contribution in [0.25, 0.3) is 0 Å². The molecule has 0 fully saturated rings. The van der Waals surface area contributed by atoms with Crippen LogP contribution >= 0.6 is 0 Å². The molecule has 0 heterocycles. The highest BCUT2D eigenvalue weighted by Gasteiger charge is 2.14. The zero-order valence-corrected chi connectivity index (χ0v) is 13.8. The molecule has 6 heteroatoms. The lowest BCUT2D eigenvalue weighted by Gasteiger charge is -2.10. The molecule has 0 unspecified atom stereocenters. The molecule has 2 aromatic carbocycles. The molecule has 0 saturated carbocycles. The molecule has 0 aromatic heterocycles. The van der Waals surface area contributed by atoms with Crippen molar-refractivity contribution in [2.24, 2.45) is 5.10 Å². The minimum absolute atomic E-state index is 0.634. The lowest BCUT2D eigenvalue weighted by atomic mass is 10.1. The van der Waals surface area contributed by atoms with Gasteiger partial charge in [-0.1, -0.05) is 30.3 Å². The highest BCUT2D eigenvalue weighted by Crippen LogP contribution is 2.19.